The SMILES string of the molecule is CSCCC(NC(=O)C(CCSC)NC(=O)C(N)C(C)O)C(=O)O. The average molecular weight is 382 g/mol. The summed E-state index contributed by atoms with van der Waals surface area (Å²) < 4.78 is 0. The van der Waals surface area contributed by atoms with Gasteiger partial charge >= 0.3 is 5.97 Å². The Morgan fingerprint density at radius 3 is 1.88 bits per heavy atom. The molecule has 0 saturated heterocycles. The van der Waals surface area contributed by atoms with Gasteiger partial charge in [-0.15, -0.1) is 0 Å². The fourth-order valence-electron chi connectivity index (χ4n) is 1.76. The molecule has 0 radical (unpaired) electrons. The van der Waals surface area contributed by atoms with Gasteiger partial charge in [-0.25, -0.2) is 4.79 Å². The van der Waals surface area contributed by atoms with E-state index < -0.39 is 42.0 Å². The molecule has 0 spiro atoms. The van der Waals surface area contributed by atoms with Crippen LogP contribution in [0.1, 0.15) is 19.8 Å². The summed E-state index contributed by atoms with van der Waals surface area (Å²) in [6, 6.07) is -3.06. The van der Waals surface area contributed by atoms with Gasteiger partial charge in [-0.1, -0.05) is 0 Å². The van der Waals surface area contributed by atoms with Crippen molar-refractivity contribution in [3.63, 3.8) is 0 Å². The largest absolute Gasteiger partial charge is 0.480 e. The number of aliphatic carboxylic acids is 1. The lowest BCUT2D eigenvalue weighted by molar-refractivity contribution is -0.142. The third-order valence-corrected chi connectivity index (χ3v) is 4.58. The Hall–Kier alpha value is -0.970. The van der Waals surface area contributed by atoms with E-state index in [-0.39, 0.29) is 0 Å². The molecule has 0 fully saturated rings. The lowest BCUT2D eigenvalue weighted by atomic mass is 10.1. The van der Waals surface area contributed by atoms with Gasteiger partial charge in [0.1, 0.15) is 18.1 Å². The molecule has 6 N–H and O–H groups in total. The van der Waals surface area contributed by atoms with Gasteiger partial charge in [-0.2, -0.15) is 23.5 Å². The first-order valence-electron chi connectivity index (χ1n) is 7.49. The molecular formula is C14H27N3O5S2. The fourth-order valence-corrected chi connectivity index (χ4v) is 2.70. The Bertz CT molecular complexity index is 423. The highest BCUT2D eigenvalue weighted by molar-refractivity contribution is 7.98. The van der Waals surface area contributed by atoms with Gasteiger partial charge < -0.3 is 26.6 Å². The maximum Gasteiger partial charge on any atom is 0.326 e. The Kier molecular flexibility index (Phi) is 11.9. The third-order valence-electron chi connectivity index (χ3n) is 3.29. The summed E-state index contributed by atoms with van der Waals surface area (Å²) in [5, 5.41) is 23.5. The van der Waals surface area contributed by atoms with Crippen molar-refractivity contribution in [2.75, 3.05) is 24.0 Å². The molecule has 24 heavy (non-hydrogen) atoms. The van der Waals surface area contributed by atoms with Crippen LogP contribution in [0.25, 0.3) is 0 Å². The van der Waals surface area contributed by atoms with Crippen LogP contribution in [0.5, 0.6) is 0 Å². The number of nitrogens with two attached hydrogens (primary N) is 1. The van der Waals surface area contributed by atoms with Crippen molar-refractivity contribution in [1.29, 1.82) is 0 Å². The monoisotopic (exact) mass is 381 g/mol. The minimum absolute atomic E-state index is 0.290. The summed E-state index contributed by atoms with van der Waals surface area (Å²) in [7, 11) is 0. The zero-order chi connectivity index (χ0) is 18.7. The van der Waals surface area contributed by atoms with E-state index in [0.717, 1.165) is 0 Å². The van der Waals surface area contributed by atoms with E-state index in [0.29, 0.717) is 24.3 Å². The number of aliphatic hydroxyl groups excluding tert-OH is 1. The lowest BCUT2D eigenvalue weighted by Crippen LogP contribution is -2.56. The molecular weight excluding hydrogens is 354 g/mol. The van der Waals surface area contributed by atoms with E-state index in [1.807, 2.05) is 12.5 Å². The Labute approximate surface area is 150 Å². The van der Waals surface area contributed by atoms with Crippen molar-refractivity contribution in [3.05, 3.63) is 0 Å². The molecule has 0 bridgehead atoms. The lowest BCUT2D eigenvalue weighted by Gasteiger charge is -2.23. The summed E-state index contributed by atoms with van der Waals surface area (Å²) in [5.41, 5.74) is 5.56. The number of hydrogen-bond acceptors (Lipinski definition) is 7. The standard InChI is InChI=1S/C14H27N3O5S2/c1-8(18)11(15)13(20)16-9(4-6-23-2)12(19)17-10(14(21)22)5-7-24-3/h8-11,18H,4-7,15H2,1-3H3,(H,16,20)(H,17,19)(H,21,22). The van der Waals surface area contributed by atoms with Crippen LogP contribution in [0.15, 0.2) is 0 Å². The van der Waals surface area contributed by atoms with E-state index in [4.69, 9.17) is 5.73 Å². The first-order valence-corrected chi connectivity index (χ1v) is 10.3. The molecule has 0 rings (SSSR count). The van der Waals surface area contributed by atoms with Crippen molar-refractivity contribution in [2.45, 2.75) is 44.0 Å². The topological polar surface area (TPSA) is 142 Å². The maximum atomic E-state index is 12.3. The minimum atomic E-state index is -1.15. The van der Waals surface area contributed by atoms with E-state index >= 15 is 0 Å². The smallest absolute Gasteiger partial charge is 0.326 e. The Morgan fingerprint density at radius 1 is 1.00 bits per heavy atom. The van der Waals surface area contributed by atoms with Gasteiger partial charge in [0.15, 0.2) is 0 Å². The zero-order valence-electron chi connectivity index (χ0n) is 14.2. The van der Waals surface area contributed by atoms with Gasteiger partial charge in [0, 0.05) is 0 Å². The van der Waals surface area contributed by atoms with E-state index in [1.165, 1.54) is 30.4 Å². The molecule has 0 aromatic carbocycles. The van der Waals surface area contributed by atoms with E-state index in [1.54, 1.807) is 0 Å². The van der Waals surface area contributed by atoms with Crippen LogP contribution >= 0.6 is 23.5 Å². The predicted molar refractivity (Wildman–Crippen MR) is 97.2 cm³/mol. The van der Waals surface area contributed by atoms with Crippen molar-refractivity contribution >= 4 is 41.3 Å². The second kappa shape index (κ2) is 12.4. The third kappa shape index (κ3) is 8.76. The number of carbonyl (C=O) groups is 3. The van der Waals surface area contributed by atoms with E-state index in [9.17, 15) is 24.6 Å². The average Bonchev–Trinajstić information content (AvgIpc) is 2.53. The summed E-state index contributed by atoms with van der Waals surface area (Å²) in [6.45, 7) is 1.38. The molecule has 4 unspecified atom stereocenters. The molecule has 0 saturated carbocycles. The number of hydrogen-bond donors (Lipinski definition) is 5. The molecule has 2 amide bonds. The first-order chi connectivity index (χ1) is 11.2. The van der Waals surface area contributed by atoms with Crippen LogP contribution in [-0.2, 0) is 14.4 Å². The van der Waals surface area contributed by atoms with Gasteiger partial charge in [0.25, 0.3) is 0 Å². The van der Waals surface area contributed by atoms with Crippen molar-refractivity contribution in [2.24, 2.45) is 5.73 Å². The predicted octanol–water partition coefficient (Wildman–Crippen LogP) is -0.745. The summed E-state index contributed by atoms with van der Waals surface area (Å²) in [6.07, 6.45) is 3.28. The number of rotatable bonds is 12. The number of thioether (sulfide) groups is 2. The fraction of sp³-hybridized carbons (Fsp3) is 0.786. The molecule has 0 aliphatic heterocycles. The van der Waals surface area contributed by atoms with Crippen LogP contribution in [0.3, 0.4) is 0 Å². The van der Waals surface area contributed by atoms with Crippen LogP contribution < -0.4 is 16.4 Å². The molecule has 0 heterocycles. The molecule has 0 aromatic rings. The summed E-state index contributed by atoms with van der Waals surface area (Å²) in [5.74, 6) is -1.14. The normalized spacial score (nSPS) is 15.9. The highest BCUT2D eigenvalue weighted by atomic mass is 32.2. The number of aliphatic hydroxyl groups is 1. The maximum absolute atomic E-state index is 12.3. The van der Waals surface area contributed by atoms with Gasteiger partial charge in [0.2, 0.25) is 11.8 Å². The quantitative estimate of drug-likeness (QED) is 0.297. The van der Waals surface area contributed by atoms with Gasteiger partial charge in [0.05, 0.1) is 6.10 Å². The number of nitrogens with one attached hydrogen (secondary N) is 2. The van der Waals surface area contributed by atoms with Crippen molar-refractivity contribution in [1.82, 2.24) is 10.6 Å². The Morgan fingerprint density at radius 2 is 1.46 bits per heavy atom. The number of carboxylic acids is 1. The first kappa shape index (κ1) is 23.0. The van der Waals surface area contributed by atoms with E-state index in [2.05, 4.69) is 10.6 Å². The molecule has 0 aromatic heterocycles. The van der Waals surface area contributed by atoms with Gasteiger partial charge in [-0.05, 0) is 43.8 Å². The van der Waals surface area contributed by atoms with Crippen molar-refractivity contribution in [3.8, 4) is 0 Å². The molecule has 10 heteroatoms. The number of amides is 2. The van der Waals surface area contributed by atoms with Crippen LogP contribution in [0, 0.1) is 0 Å². The molecule has 4 atom stereocenters. The van der Waals surface area contributed by atoms with Crippen molar-refractivity contribution < 1.29 is 24.6 Å². The molecule has 140 valence electrons. The van der Waals surface area contributed by atoms with Crippen LogP contribution in [0.4, 0.5) is 0 Å². The molecule has 0 aliphatic rings. The summed E-state index contributed by atoms with van der Waals surface area (Å²) in [4.78, 5) is 35.5. The zero-order valence-corrected chi connectivity index (χ0v) is 15.8. The van der Waals surface area contributed by atoms with Crippen LogP contribution in [0.2, 0.25) is 0 Å². The van der Waals surface area contributed by atoms with Gasteiger partial charge in [-0.3, -0.25) is 9.59 Å². The Balaban J connectivity index is 4.91. The highest BCUT2D eigenvalue weighted by Gasteiger charge is 2.28. The molecule has 8 nitrogen and oxygen atoms in total. The number of carbonyl (C=O) groups excluding carboxylic acids is 2. The molecule has 0 aliphatic carbocycles. The second-order valence-electron chi connectivity index (χ2n) is 5.29. The summed E-state index contributed by atoms with van der Waals surface area (Å²) >= 11 is 2.98. The minimum Gasteiger partial charge on any atom is -0.480 e. The number of carboxylic acid groups (broad SMARTS) is 1. The van der Waals surface area contributed by atoms with Crippen LogP contribution in [-0.4, -0.2) is 76.2 Å². The second-order valence-corrected chi connectivity index (χ2v) is 7.26. The highest BCUT2D eigenvalue weighted by Crippen LogP contribution is 2.05.